The van der Waals surface area contributed by atoms with Crippen LogP contribution in [0.3, 0.4) is 0 Å². The molecular formula is C41H66O14. The summed E-state index contributed by atoms with van der Waals surface area (Å²) in [4.78, 5) is 14.9. The van der Waals surface area contributed by atoms with Gasteiger partial charge in [0, 0.05) is 11.3 Å². The van der Waals surface area contributed by atoms with Crippen molar-refractivity contribution >= 4 is 5.97 Å². The number of allylic oxidation sites excluding steroid dienone is 2. The highest BCUT2D eigenvalue weighted by Gasteiger charge is 2.72. The highest BCUT2D eigenvalue weighted by atomic mass is 16.8. The van der Waals surface area contributed by atoms with E-state index in [1.165, 1.54) is 6.92 Å². The van der Waals surface area contributed by atoms with E-state index in [0.717, 1.165) is 12.0 Å². The Morgan fingerprint density at radius 1 is 0.800 bits per heavy atom. The molecule has 0 amide bonds. The third-order valence-electron chi connectivity index (χ3n) is 16.8. The van der Waals surface area contributed by atoms with Crippen molar-refractivity contribution in [3.8, 4) is 0 Å². The van der Waals surface area contributed by atoms with Gasteiger partial charge in [-0.1, -0.05) is 53.2 Å². The Bertz CT molecular complexity index is 1510. The quantitative estimate of drug-likeness (QED) is 0.139. The van der Waals surface area contributed by atoms with Gasteiger partial charge in [-0.15, -0.1) is 0 Å². The van der Waals surface area contributed by atoms with Crippen molar-refractivity contribution in [2.24, 2.45) is 50.2 Å². The summed E-state index contributed by atoms with van der Waals surface area (Å²) >= 11 is 0. The van der Waals surface area contributed by atoms with Crippen LogP contribution >= 0.6 is 0 Å². The van der Waals surface area contributed by atoms with Crippen molar-refractivity contribution in [3.05, 3.63) is 11.6 Å². The first kappa shape index (κ1) is 41.9. The minimum absolute atomic E-state index is 0.00685. The second-order valence-electron chi connectivity index (χ2n) is 20.4. The third-order valence-corrected chi connectivity index (χ3v) is 16.8. The molecule has 0 aromatic rings. The Balaban J connectivity index is 1.21. The van der Waals surface area contributed by atoms with E-state index >= 15 is 0 Å². The predicted molar refractivity (Wildman–Crippen MR) is 194 cm³/mol. The molecule has 0 unspecified atom stereocenters. The molecule has 9 N–H and O–H groups in total. The molecule has 6 fully saturated rings. The van der Waals surface area contributed by atoms with Crippen LogP contribution in [-0.4, -0.2) is 139 Å². The van der Waals surface area contributed by atoms with Gasteiger partial charge in [0.25, 0.3) is 0 Å². The lowest BCUT2D eigenvalue weighted by atomic mass is 9.33. The van der Waals surface area contributed by atoms with Gasteiger partial charge in [-0.05, 0) is 91.8 Å². The van der Waals surface area contributed by atoms with Gasteiger partial charge in [0.05, 0.1) is 43.0 Å². The third kappa shape index (κ3) is 6.05. The molecule has 7 rings (SSSR count). The molecule has 2 aliphatic heterocycles. The average Bonchev–Trinajstić information content (AvgIpc) is 3.11. The second-order valence-corrected chi connectivity index (χ2v) is 20.4. The summed E-state index contributed by atoms with van der Waals surface area (Å²) in [6.45, 7) is 13.6. The summed E-state index contributed by atoms with van der Waals surface area (Å²) in [7, 11) is 0. The molecule has 14 nitrogen and oxygen atoms in total. The SMILES string of the molecule is C[C@@H]1O[C@@H](O[C@H]2[C@H](OC(=O)[C@]34CCC(C)(C)C[C@H]3C3=CC[C@@H]5[C@@]6(C)C[C@H](O)[C@H](O)[C@@](C)(CO)[C@@H]6[C@H](O)C[C@@]5(C)[C@]3(C)CC4)OC[C@H](O)[C@@H]2O)[C@H](O)[C@H](O)[C@H]1O. The topological polar surface area (TPSA) is 236 Å². The van der Waals surface area contributed by atoms with E-state index in [1.54, 1.807) is 6.92 Å². The van der Waals surface area contributed by atoms with Crippen LogP contribution in [0.2, 0.25) is 0 Å². The van der Waals surface area contributed by atoms with E-state index in [9.17, 15) is 50.8 Å². The maximum atomic E-state index is 14.9. The summed E-state index contributed by atoms with van der Waals surface area (Å²) in [6, 6.07) is 0. The smallest absolute Gasteiger partial charge is 0.315 e. The normalized spacial score (nSPS) is 56.2. The summed E-state index contributed by atoms with van der Waals surface area (Å²) < 4.78 is 23.5. The highest BCUT2D eigenvalue weighted by Crippen LogP contribution is 2.76. The van der Waals surface area contributed by atoms with E-state index < -0.39 is 113 Å². The van der Waals surface area contributed by atoms with Gasteiger partial charge in [-0.25, -0.2) is 0 Å². The number of rotatable bonds is 5. The molecule has 0 bridgehead atoms. The predicted octanol–water partition coefficient (Wildman–Crippen LogP) is 0.897. The Morgan fingerprint density at radius 3 is 2.15 bits per heavy atom. The van der Waals surface area contributed by atoms with Crippen molar-refractivity contribution in [1.29, 1.82) is 0 Å². The molecular weight excluding hydrogens is 716 g/mol. The van der Waals surface area contributed by atoms with Gasteiger partial charge in [0.2, 0.25) is 6.29 Å². The molecule has 0 aromatic carbocycles. The number of carbonyl (C=O) groups is 1. The zero-order valence-corrected chi connectivity index (χ0v) is 33.4. The van der Waals surface area contributed by atoms with Gasteiger partial charge in [-0.3, -0.25) is 4.79 Å². The molecule has 5 aliphatic carbocycles. The maximum Gasteiger partial charge on any atom is 0.315 e. The number of hydrogen-bond acceptors (Lipinski definition) is 14. The molecule has 4 saturated carbocycles. The lowest BCUT2D eigenvalue weighted by Crippen LogP contribution is -2.71. The van der Waals surface area contributed by atoms with E-state index in [2.05, 4.69) is 40.7 Å². The van der Waals surface area contributed by atoms with Crippen molar-refractivity contribution < 1.29 is 69.7 Å². The van der Waals surface area contributed by atoms with E-state index in [-0.39, 0.29) is 30.5 Å². The van der Waals surface area contributed by atoms with Crippen molar-refractivity contribution in [1.82, 2.24) is 0 Å². The summed E-state index contributed by atoms with van der Waals surface area (Å²) in [6.07, 6.45) is -9.46. The largest absolute Gasteiger partial charge is 0.432 e. The first-order valence-corrected chi connectivity index (χ1v) is 20.4. The summed E-state index contributed by atoms with van der Waals surface area (Å²) in [5, 5.41) is 98.0. The number of fused-ring (bicyclic) bond motifs is 7. The molecule has 2 saturated heterocycles. The molecule has 0 spiro atoms. The van der Waals surface area contributed by atoms with E-state index in [0.29, 0.717) is 44.9 Å². The Hall–Kier alpha value is -1.27. The van der Waals surface area contributed by atoms with E-state index in [1.807, 2.05) is 0 Å². The lowest BCUT2D eigenvalue weighted by Gasteiger charge is -2.72. The number of carbonyl (C=O) groups excluding carboxylic acids is 1. The van der Waals surface area contributed by atoms with E-state index in [4.69, 9.17) is 18.9 Å². The van der Waals surface area contributed by atoms with Gasteiger partial charge in [0.15, 0.2) is 12.4 Å². The average molecular weight is 783 g/mol. The number of aliphatic hydroxyl groups excluding tert-OH is 9. The monoisotopic (exact) mass is 782 g/mol. The highest BCUT2D eigenvalue weighted by molar-refractivity contribution is 5.79. The van der Waals surface area contributed by atoms with Crippen LogP contribution in [0.4, 0.5) is 0 Å². The minimum Gasteiger partial charge on any atom is -0.432 e. The van der Waals surface area contributed by atoms with Gasteiger partial charge in [0.1, 0.15) is 30.5 Å². The van der Waals surface area contributed by atoms with Gasteiger partial charge >= 0.3 is 5.97 Å². The molecule has 2 heterocycles. The Morgan fingerprint density at radius 2 is 1.47 bits per heavy atom. The lowest BCUT2D eigenvalue weighted by molar-refractivity contribution is -0.350. The number of aliphatic hydroxyl groups is 9. The molecule has 7 aliphatic rings. The molecule has 20 atom stereocenters. The molecule has 55 heavy (non-hydrogen) atoms. The molecule has 0 aromatic heterocycles. The standard InChI is InChI=1S/C41H66O14/c1-19-26(46)28(48)29(49)33(53-19)54-30-27(47)24(45)17-52-34(30)55-35(51)41-12-10-36(2,3)14-21(41)20-8-9-25-37(4)15-23(44)32(50)38(5,18-42)31(37)22(43)16-40(25,7)39(20,6)11-13-41/h8,19,21-34,42-50H,9-18H2,1-7H3/t19-,21-,22+,23-,24-,25+,26-,27-,28+,29+,30+,31+,32-,33-,34-,37+,38-,39+,40+,41-/m0/s1. The summed E-state index contributed by atoms with van der Waals surface area (Å²) in [5.41, 5.74) is -2.52. The van der Waals surface area contributed by atoms with Crippen molar-refractivity contribution in [2.75, 3.05) is 13.2 Å². The number of hydrogen-bond donors (Lipinski definition) is 9. The summed E-state index contributed by atoms with van der Waals surface area (Å²) in [5.74, 6) is -1.18. The Labute approximate surface area is 323 Å². The fourth-order valence-electron chi connectivity index (χ4n) is 13.4. The zero-order chi connectivity index (χ0) is 40.4. The number of ether oxygens (including phenoxy) is 4. The van der Waals surface area contributed by atoms with Crippen LogP contribution in [-0.2, 0) is 23.7 Å². The zero-order valence-electron chi connectivity index (χ0n) is 33.4. The van der Waals surface area contributed by atoms with Crippen LogP contribution in [0, 0.1) is 50.2 Å². The van der Waals surface area contributed by atoms with Crippen LogP contribution < -0.4 is 0 Å². The fourth-order valence-corrected chi connectivity index (χ4v) is 13.4. The molecule has 314 valence electrons. The fraction of sp³-hybridized carbons (Fsp3) is 0.927. The maximum absolute atomic E-state index is 14.9. The van der Waals surface area contributed by atoms with Crippen molar-refractivity contribution in [3.63, 3.8) is 0 Å². The van der Waals surface area contributed by atoms with Crippen LogP contribution in [0.5, 0.6) is 0 Å². The van der Waals surface area contributed by atoms with Gasteiger partial charge < -0.3 is 64.9 Å². The number of esters is 1. The van der Waals surface area contributed by atoms with Crippen molar-refractivity contribution in [2.45, 2.75) is 173 Å². The molecule has 0 radical (unpaired) electrons. The van der Waals surface area contributed by atoms with Crippen LogP contribution in [0.15, 0.2) is 11.6 Å². The first-order valence-electron chi connectivity index (χ1n) is 20.4. The molecule has 14 heteroatoms. The van der Waals surface area contributed by atoms with Crippen LogP contribution in [0.1, 0.15) is 99.8 Å². The minimum atomic E-state index is -1.70. The first-order chi connectivity index (χ1) is 25.5. The van der Waals surface area contributed by atoms with Crippen LogP contribution in [0.25, 0.3) is 0 Å². The second kappa shape index (κ2) is 13.9. The van der Waals surface area contributed by atoms with Gasteiger partial charge in [-0.2, -0.15) is 0 Å². The Kier molecular flexibility index (Phi) is 10.6.